The monoisotopic (exact) mass is 454 g/mol. The number of aryl methyl sites for hydroxylation is 3. The number of hydrogen-bond acceptors (Lipinski definition) is 7. The molecule has 3 heterocycles. The zero-order chi connectivity index (χ0) is 24.1. The molecule has 0 spiro atoms. The van der Waals surface area contributed by atoms with E-state index >= 15 is 0 Å². The third kappa shape index (κ3) is 4.58. The van der Waals surface area contributed by atoms with Gasteiger partial charge in [0.25, 0.3) is 0 Å². The summed E-state index contributed by atoms with van der Waals surface area (Å²) in [5.74, 6) is 1.16. The zero-order valence-corrected chi connectivity index (χ0v) is 19.9. The number of piperidine rings is 1. The number of ether oxygens (including phenoxy) is 2. The maximum absolute atomic E-state index is 12.5. The number of nitrogens with zero attached hydrogens (tertiary/aromatic N) is 4. The summed E-state index contributed by atoms with van der Waals surface area (Å²) >= 11 is 0. The number of carbonyl (C=O) groups is 1. The van der Waals surface area contributed by atoms with Crippen molar-refractivity contribution in [3.05, 3.63) is 51.1 Å². The van der Waals surface area contributed by atoms with Gasteiger partial charge in [0.2, 0.25) is 0 Å². The van der Waals surface area contributed by atoms with Crippen molar-refractivity contribution in [2.45, 2.75) is 65.6 Å². The van der Waals surface area contributed by atoms with Gasteiger partial charge in [-0.2, -0.15) is 4.98 Å². The number of fused-ring (bicyclic) bond motifs is 2. The van der Waals surface area contributed by atoms with Crippen molar-refractivity contribution in [3.63, 3.8) is 0 Å². The maximum atomic E-state index is 12.5. The smallest absolute Gasteiger partial charge is 0.410 e. The van der Waals surface area contributed by atoms with Crippen LogP contribution in [0.25, 0.3) is 0 Å². The van der Waals surface area contributed by atoms with E-state index in [1.807, 2.05) is 53.7 Å². The van der Waals surface area contributed by atoms with Crippen LogP contribution in [0.3, 0.4) is 0 Å². The predicted molar refractivity (Wildman–Crippen MR) is 124 cm³/mol. The van der Waals surface area contributed by atoms with Gasteiger partial charge < -0.3 is 19.3 Å². The molecule has 9 nitrogen and oxygen atoms in total. The Morgan fingerprint density at radius 3 is 2.27 bits per heavy atom. The molecular weight excluding hydrogens is 424 g/mol. The lowest BCUT2D eigenvalue weighted by Crippen LogP contribution is -2.70. The number of benzene rings is 1. The van der Waals surface area contributed by atoms with E-state index in [2.05, 4.69) is 9.88 Å². The fourth-order valence-electron chi connectivity index (χ4n) is 4.66. The van der Waals surface area contributed by atoms with Gasteiger partial charge in [-0.15, -0.1) is 0 Å². The van der Waals surface area contributed by atoms with Crippen LogP contribution < -0.4 is 9.64 Å². The first-order chi connectivity index (χ1) is 15.4. The topological polar surface area (TPSA) is 98.0 Å². The van der Waals surface area contributed by atoms with Crippen molar-refractivity contribution in [2.24, 2.45) is 0 Å². The molecular formula is C24H30N4O5. The lowest BCUT2D eigenvalue weighted by atomic mass is 9.87. The summed E-state index contributed by atoms with van der Waals surface area (Å²) in [5.41, 5.74) is 2.15. The van der Waals surface area contributed by atoms with Crippen LogP contribution in [0.2, 0.25) is 0 Å². The van der Waals surface area contributed by atoms with E-state index in [-0.39, 0.29) is 29.7 Å². The maximum Gasteiger partial charge on any atom is 0.410 e. The molecule has 1 aromatic carbocycles. The summed E-state index contributed by atoms with van der Waals surface area (Å²) < 4.78 is 11.5. The molecule has 1 aromatic heterocycles. The first-order valence-electron chi connectivity index (χ1n) is 11.1. The number of piperazine rings is 1. The summed E-state index contributed by atoms with van der Waals surface area (Å²) in [6, 6.07) is 7.21. The molecule has 9 heteroatoms. The Morgan fingerprint density at radius 2 is 1.73 bits per heavy atom. The number of likely N-dealkylation sites (tertiary alicyclic amines) is 1. The summed E-state index contributed by atoms with van der Waals surface area (Å²) in [7, 11) is 0. The van der Waals surface area contributed by atoms with Crippen LogP contribution in [0, 0.1) is 30.9 Å². The van der Waals surface area contributed by atoms with Gasteiger partial charge in [0.05, 0.1) is 17.0 Å². The number of amides is 1. The second kappa shape index (κ2) is 8.20. The van der Waals surface area contributed by atoms with Crippen molar-refractivity contribution < 1.29 is 19.2 Å². The van der Waals surface area contributed by atoms with Gasteiger partial charge in [0.1, 0.15) is 17.2 Å². The normalized spacial score (nSPS) is 19.7. The number of carbonyl (C=O) groups excluding carboxylic acids is 1. The average Bonchev–Trinajstić information content (AvgIpc) is 2.69. The second-order valence-corrected chi connectivity index (χ2v) is 9.92. The molecule has 2 aliphatic rings. The number of anilines is 1. The van der Waals surface area contributed by atoms with E-state index < -0.39 is 10.5 Å². The lowest BCUT2D eigenvalue weighted by molar-refractivity contribution is -0.386. The molecule has 2 aromatic rings. The van der Waals surface area contributed by atoms with E-state index in [0.29, 0.717) is 24.7 Å². The molecule has 2 fully saturated rings. The third-order valence-electron chi connectivity index (χ3n) is 5.94. The van der Waals surface area contributed by atoms with E-state index in [1.54, 1.807) is 11.0 Å². The average molecular weight is 455 g/mol. The second-order valence-electron chi connectivity index (χ2n) is 9.92. The Labute approximate surface area is 193 Å². The highest BCUT2D eigenvalue weighted by atomic mass is 16.6. The molecule has 2 saturated heterocycles. The first-order valence-corrected chi connectivity index (χ1v) is 11.1. The summed E-state index contributed by atoms with van der Waals surface area (Å²) in [5, 5.41) is 11.6. The van der Waals surface area contributed by atoms with Crippen molar-refractivity contribution in [2.75, 3.05) is 18.0 Å². The SMILES string of the molecule is Cc1cc(C)c(Oc2nc(N3C4CC3CN(C(=O)OC(C)(C)C)C4)ccc2[N+](=O)[O-])c(C)c1. The van der Waals surface area contributed by atoms with Crippen molar-refractivity contribution in [1.29, 1.82) is 0 Å². The number of pyridine rings is 1. The summed E-state index contributed by atoms with van der Waals surface area (Å²) in [6.07, 6.45) is 0.618. The Hall–Kier alpha value is -3.36. The molecule has 1 amide bonds. The molecule has 33 heavy (non-hydrogen) atoms. The van der Waals surface area contributed by atoms with Gasteiger partial charge in [-0.05, 0) is 65.2 Å². The number of aromatic nitrogens is 1. The van der Waals surface area contributed by atoms with Crippen molar-refractivity contribution in [1.82, 2.24) is 9.88 Å². The largest absolute Gasteiger partial charge is 0.444 e. The van der Waals surface area contributed by atoms with Crippen LogP contribution in [0.1, 0.15) is 43.9 Å². The summed E-state index contributed by atoms with van der Waals surface area (Å²) in [6.45, 7) is 12.4. The molecule has 0 N–H and O–H groups in total. The van der Waals surface area contributed by atoms with Gasteiger partial charge in [0, 0.05) is 19.2 Å². The fourth-order valence-corrected chi connectivity index (χ4v) is 4.66. The Kier molecular flexibility index (Phi) is 5.67. The molecule has 0 radical (unpaired) electrons. The molecule has 2 atom stereocenters. The minimum Gasteiger partial charge on any atom is -0.444 e. The molecule has 0 aliphatic carbocycles. The van der Waals surface area contributed by atoms with Gasteiger partial charge in [0.15, 0.2) is 0 Å². The minimum absolute atomic E-state index is 0.0264. The quantitative estimate of drug-likeness (QED) is 0.478. The van der Waals surface area contributed by atoms with Crippen LogP contribution in [-0.4, -0.2) is 51.7 Å². The fraction of sp³-hybridized carbons (Fsp3) is 0.500. The van der Waals surface area contributed by atoms with Gasteiger partial charge in [-0.1, -0.05) is 17.7 Å². The highest BCUT2D eigenvalue weighted by Crippen LogP contribution is 2.40. The summed E-state index contributed by atoms with van der Waals surface area (Å²) in [4.78, 5) is 32.0. The zero-order valence-electron chi connectivity index (χ0n) is 19.9. The Bertz CT molecular complexity index is 1080. The molecule has 2 bridgehead atoms. The lowest BCUT2D eigenvalue weighted by Gasteiger charge is -2.56. The standard InChI is InChI=1S/C24H30N4O5/c1-14-9-15(2)21(16(3)10-14)32-22-19(28(30)31)7-8-20(25-22)27-17-11-18(27)13-26(12-17)23(29)33-24(4,5)6/h7-10,17-18H,11-13H2,1-6H3. The molecule has 2 aliphatic heterocycles. The van der Waals surface area contributed by atoms with Crippen LogP contribution >= 0.6 is 0 Å². The number of hydrogen-bond donors (Lipinski definition) is 0. The molecule has 176 valence electrons. The van der Waals surface area contributed by atoms with Crippen LogP contribution in [-0.2, 0) is 4.74 Å². The van der Waals surface area contributed by atoms with Crippen LogP contribution in [0.4, 0.5) is 16.3 Å². The Morgan fingerprint density at radius 1 is 1.12 bits per heavy atom. The number of rotatable bonds is 4. The highest BCUT2D eigenvalue weighted by molar-refractivity contribution is 5.69. The third-order valence-corrected chi connectivity index (χ3v) is 5.94. The molecule has 2 unspecified atom stereocenters. The first kappa shape index (κ1) is 22.8. The van der Waals surface area contributed by atoms with E-state index in [9.17, 15) is 14.9 Å². The van der Waals surface area contributed by atoms with Crippen molar-refractivity contribution in [3.8, 4) is 11.6 Å². The predicted octanol–water partition coefficient (Wildman–Crippen LogP) is 4.91. The van der Waals surface area contributed by atoms with Crippen molar-refractivity contribution >= 4 is 17.6 Å². The highest BCUT2D eigenvalue weighted by Gasteiger charge is 2.47. The van der Waals surface area contributed by atoms with Gasteiger partial charge >= 0.3 is 17.7 Å². The van der Waals surface area contributed by atoms with Gasteiger partial charge in [-0.3, -0.25) is 10.1 Å². The molecule has 0 saturated carbocycles. The van der Waals surface area contributed by atoms with E-state index in [0.717, 1.165) is 23.1 Å². The molecule has 4 rings (SSSR count). The number of nitro groups is 1. The minimum atomic E-state index is -0.545. The van der Waals surface area contributed by atoms with E-state index in [4.69, 9.17) is 9.47 Å². The van der Waals surface area contributed by atoms with E-state index in [1.165, 1.54) is 6.07 Å². The Balaban J connectivity index is 1.57. The van der Waals surface area contributed by atoms with Crippen LogP contribution in [0.5, 0.6) is 11.6 Å². The van der Waals surface area contributed by atoms with Gasteiger partial charge in [-0.25, -0.2) is 4.79 Å². The van der Waals surface area contributed by atoms with Crippen LogP contribution in [0.15, 0.2) is 24.3 Å².